The largest absolute Gasteiger partial charge is 0.388 e. The third-order valence-electron chi connectivity index (χ3n) is 2.74. The third kappa shape index (κ3) is 3.88. The number of benzene rings is 2. The minimum Gasteiger partial charge on any atom is -0.388 e. The second-order valence-electron chi connectivity index (χ2n) is 4.12. The van der Waals surface area contributed by atoms with E-state index in [2.05, 4.69) is 47.8 Å². The van der Waals surface area contributed by atoms with E-state index in [4.69, 9.17) is 0 Å². The van der Waals surface area contributed by atoms with Gasteiger partial charge in [-0.2, -0.15) is 0 Å². The van der Waals surface area contributed by atoms with Crippen LogP contribution in [0.25, 0.3) is 0 Å². The van der Waals surface area contributed by atoms with E-state index in [1.807, 2.05) is 18.2 Å². The molecule has 2 aromatic carbocycles. The summed E-state index contributed by atoms with van der Waals surface area (Å²) in [6.07, 6.45) is -0.348. The van der Waals surface area contributed by atoms with Crippen LogP contribution in [-0.4, -0.2) is 5.11 Å². The molecule has 0 saturated heterocycles. The molecule has 19 heavy (non-hydrogen) atoms. The molecule has 0 amide bonds. The van der Waals surface area contributed by atoms with E-state index in [0.717, 1.165) is 24.5 Å². The van der Waals surface area contributed by atoms with Crippen molar-refractivity contribution in [3.05, 3.63) is 66.8 Å². The van der Waals surface area contributed by atoms with Crippen LogP contribution in [-0.2, 0) is 6.42 Å². The van der Waals surface area contributed by atoms with Crippen molar-refractivity contribution in [2.75, 3.05) is 0 Å². The van der Waals surface area contributed by atoms with Gasteiger partial charge in [-0.05, 0) is 41.5 Å². The predicted octanol–water partition coefficient (Wildman–Crippen LogP) is 5.39. The van der Waals surface area contributed by atoms with Gasteiger partial charge in [0.05, 0.1) is 6.10 Å². The SMILES string of the molecule is OC(Cc1cc(F)ccc1Br)c1ccc(Br)cc1Br. The van der Waals surface area contributed by atoms with Gasteiger partial charge in [0.1, 0.15) is 5.82 Å². The van der Waals surface area contributed by atoms with Gasteiger partial charge in [-0.25, -0.2) is 4.39 Å². The molecule has 2 aromatic rings. The molecule has 100 valence electrons. The van der Waals surface area contributed by atoms with Crippen molar-refractivity contribution in [2.45, 2.75) is 12.5 Å². The maximum absolute atomic E-state index is 13.2. The lowest BCUT2D eigenvalue weighted by Gasteiger charge is -2.14. The van der Waals surface area contributed by atoms with Crippen LogP contribution in [0.15, 0.2) is 49.8 Å². The molecule has 0 spiro atoms. The Kier molecular flexibility index (Phi) is 5.17. The first-order valence-corrected chi connectivity index (χ1v) is 7.92. The minimum atomic E-state index is -0.694. The van der Waals surface area contributed by atoms with E-state index < -0.39 is 6.10 Å². The maximum atomic E-state index is 13.2. The van der Waals surface area contributed by atoms with Gasteiger partial charge in [-0.1, -0.05) is 53.9 Å². The van der Waals surface area contributed by atoms with E-state index in [-0.39, 0.29) is 5.82 Å². The van der Waals surface area contributed by atoms with Crippen molar-refractivity contribution in [1.29, 1.82) is 0 Å². The van der Waals surface area contributed by atoms with E-state index in [9.17, 15) is 9.50 Å². The summed E-state index contributed by atoms with van der Waals surface area (Å²) in [6.45, 7) is 0. The zero-order chi connectivity index (χ0) is 14.0. The van der Waals surface area contributed by atoms with Crippen LogP contribution in [0.1, 0.15) is 17.2 Å². The van der Waals surface area contributed by atoms with Gasteiger partial charge in [0.15, 0.2) is 0 Å². The number of hydrogen-bond donors (Lipinski definition) is 1. The highest BCUT2D eigenvalue weighted by atomic mass is 79.9. The lowest BCUT2D eigenvalue weighted by Crippen LogP contribution is -2.03. The standard InChI is InChI=1S/C14H10Br3FO/c15-9-1-3-11(13(17)7-9)14(19)6-8-5-10(18)2-4-12(8)16/h1-5,7,14,19H,6H2. The number of halogens is 4. The van der Waals surface area contributed by atoms with E-state index in [1.54, 1.807) is 6.07 Å². The lowest BCUT2D eigenvalue weighted by atomic mass is 10.0. The van der Waals surface area contributed by atoms with Gasteiger partial charge >= 0.3 is 0 Å². The van der Waals surface area contributed by atoms with Crippen molar-refractivity contribution < 1.29 is 9.50 Å². The Morgan fingerprint density at radius 2 is 1.74 bits per heavy atom. The second-order valence-corrected chi connectivity index (χ2v) is 6.75. The van der Waals surface area contributed by atoms with E-state index in [1.165, 1.54) is 12.1 Å². The summed E-state index contributed by atoms with van der Waals surface area (Å²) in [4.78, 5) is 0. The highest BCUT2D eigenvalue weighted by Crippen LogP contribution is 2.30. The van der Waals surface area contributed by atoms with Gasteiger partial charge in [0, 0.05) is 19.8 Å². The molecule has 0 aliphatic rings. The summed E-state index contributed by atoms with van der Waals surface area (Å²) in [6, 6.07) is 10.0. The zero-order valence-corrected chi connectivity index (χ0v) is 14.5. The van der Waals surface area contributed by atoms with Gasteiger partial charge in [0.25, 0.3) is 0 Å². The van der Waals surface area contributed by atoms with Crippen LogP contribution in [0.3, 0.4) is 0 Å². The summed E-state index contributed by atoms with van der Waals surface area (Å²) in [5.74, 6) is -0.305. The Morgan fingerprint density at radius 1 is 1.00 bits per heavy atom. The van der Waals surface area contributed by atoms with Gasteiger partial charge < -0.3 is 5.11 Å². The fraction of sp³-hybridized carbons (Fsp3) is 0.143. The molecule has 0 fully saturated rings. The molecule has 0 aromatic heterocycles. The maximum Gasteiger partial charge on any atom is 0.123 e. The lowest BCUT2D eigenvalue weighted by molar-refractivity contribution is 0.177. The number of aliphatic hydroxyl groups excluding tert-OH is 1. The molecule has 1 nitrogen and oxygen atoms in total. The number of rotatable bonds is 3. The molecule has 1 atom stereocenters. The monoisotopic (exact) mass is 450 g/mol. The first-order chi connectivity index (χ1) is 8.97. The van der Waals surface area contributed by atoms with Crippen LogP contribution in [0, 0.1) is 5.82 Å². The Hall–Kier alpha value is -0.230. The molecule has 0 bridgehead atoms. The smallest absolute Gasteiger partial charge is 0.123 e. The molecule has 0 radical (unpaired) electrons. The van der Waals surface area contributed by atoms with Crippen LogP contribution in [0.4, 0.5) is 4.39 Å². The normalized spacial score (nSPS) is 12.5. The Morgan fingerprint density at radius 3 is 2.42 bits per heavy atom. The topological polar surface area (TPSA) is 20.2 Å². The summed E-state index contributed by atoms with van der Waals surface area (Å²) in [5.41, 5.74) is 1.52. The summed E-state index contributed by atoms with van der Waals surface area (Å²) in [5, 5.41) is 10.3. The minimum absolute atomic E-state index is 0.305. The van der Waals surface area contributed by atoms with Crippen LogP contribution >= 0.6 is 47.8 Å². The Balaban J connectivity index is 2.25. The van der Waals surface area contributed by atoms with Crippen molar-refractivity contribution in [3.8, 4) is 0 Å². The molecule has 5 heteroatoms. The van der Waals surface area contributed by atoms with Gasteiger partial charge in [-0.3, -0.25) is 0 Å². The average Bonchev–Trinajstić information content (AvgIpc) is 2.33. The molecule has 0 aliphatic heterocycles. The highest BCUT2D eigenvalue weighted by Gasteiger charge is 2.14. The first kappa shape index (κ1) is 15.2. The number of hydrogen-bond acceptors (Lipinski definition) is 1. The Bertz CT molecular complexity index is 601. The number of aliphatic hydroxyl groups is 1. The summed E-state index contributed by atoms with van der Waals surface area (Å²) >= 11 is 10.1. The molecule has 0 saturated carbocycles. The van der Waals surface area contributed by atoms with Crippen LogP contribution < -0.4 is 0 Å². The predicted molar refractivity (Wildman–Crippen MR) is 84.6 cm³/mol. The fourth-order valence-electron chi connectivity index (χ4n) is 1.79. The fourth-order valence-corrected chi connectivity index (χ4v) is 3.51. The van der Waals surface area contributed by atoms with Crippen molar-refractivity contribution in [3.63, 3.8) is 0 Å². The molecule has 2 rings (SSSR count). The highest BCUT2D eigenvalue weighted by molar-refractivity contribution is 9.11. The van der Waals surface area contributed by atoms with Gasteiger partial charge in [-0.15, -0.1) is 0 Å². The molecule has 1 unspecified atom stereocenters. The quantitative estimate of drug-likeness (QED) is 0.662. The average molecular weight is 453 g/mol. The van der Waals surface area contributed by atoms with Crippen molar-refractivity contribution >= 4 is 47.8 Å². The van der Waals surface area contributed by atoms with E-state index >= 15 is 0 Å². The van der Waals surface area contributed by atoms with Gasteiger partial charge in [0.2, 0.25) is 0 Å². The molecule has 0 aliphatic carbocycles. The van der Waals surface area contributed by atoms with Crippen LogP contribution in [0.2, 0.25) is 0 Å². The third-order valence-corrected chi connectivity index (χ3v) is 4.70. The first-order valence-electron chi connectivity index (χ1n) is 5.54. The van der Waals surface area contributed by atoms with Crippen LogP contribution in [0.5, 0.6) is 0 Å². The van der Waals surface area contributed by atoms with Crippen molar-refractivity contribution in [2.24, 2.45) is 0 Å². The van der Waals surface area contributed by atoms with Crippen molar-refractivity contribution in [1.82, 2.24) is 0 Å². The Labute approximate surface area is 136 Å². The zero-order valence-electron chi connectivity index (χ0n) is 9.71. The molecule has 0 heterocycles. The second kappa shape index (κ2) is 6.48. The molecular weight excluding hydrogens is 443 g/mol. The van der Waals surface area contributed by atoms with E-state index in [0.29, 0.717) is 6.42 Å². The molecular formula is C14H10Br3FO. The summed E-state index contributed by atoms with van der Waals surface area (Å²) in [7, 11) is 0. The molecule has 1 N–H and O–H groups in total. The summed E-state index contributed by atoms with van der Waals surface area (Å²) < 4.78 is 15.8.